The smallest absolute Gasteiger partial charge is 0.344 e. The molecule has 134 valence electrons. The molecule has 0 spiro atoms. The summed E-state index contributed by atoms with van der Waals surface area (Å²) in [6.45, 7) is 1.84. The summed E-state index contributed by atoms with van der Waals surface area (Å²) in [6, 6.07) is 3.59. The second-order valence-corrected chi connectivity index (χ2v) is 7.12. The number of rotatable bonds is 3. The summed E-state index contributed by atoms with van der Waals surface area (Å²) in [4.78, 5) is 21.0. The van der Waals surface area contributed by atoms with Crippen LogP contribution in [0.1, 0.15) is 59.6 Å². The maximum Gasteiger partial charge on any atom is 0.344 e. The number of benzene rings is 1. The van der Waals surface area contributed by atoms with Crippen molar-refractivity contribution in [3.63, 3.8) is 0 Å². The number of fused-ring (bicyclic) bond motifs is 3. The zero-order valence-corrected chi connectivity index (χ0v) is 15.2. The van der Waals surface area contributed by atoms with Crippen molar-refractivity contribution >= 4 is 40.7 Å². The van der Waals surface area contributed by atoms with Gasteiger partial charge in [0.25, 0.3) is 0 Å². The minimum absolute atomic E-state index is 0.315. The summed E-state index contributed by atoms with van der Waals surface area (Å²) >= 11 is 6.37. The molecule has 1 aliphatic rings. The average molecular weight is 371 g/mol. The minimum atomic E-state index is -0.574. The van der Waals surface area contributed by atoms with Gasteiger partial charge in [-0.2, -0.15) is 0 Å². The van der Waals surface area contributed by atoms with Crippen molar-refractivity contribution in [3.05, 3.63) is 40.3 Å². The summed E-state index contributed by atoms with van der Waals surface area (Å²) < 4.78 is 6.78. The second kappa shape index (κ2) is 6.68. The highest BCUT2D eigenvalue weighted by molar-refractivity contribution is 6.32. The molecule has 0 amide bonds. The van der Waals surface area contributed by atoms with Crippen LogP contribution in [0.3, 0.4) is 0 Å². The number of ether oxygens (including phenoxy) is 1. The monoisotopic (exact) mass is 370 g/mol. The predicted molar refractivity (Wildman–Crippen MR) is 100 cm³/mol. The van der Waals surface area contributed by atoms with Crippen LogP contribution < -0.4 is 0 Å². The van der Waals surface area contributed by atoms with Gasteiger partial charge in [-0.05, 0) is 37.5 Å². The first-order valence-corrected chi connectivity index (χ1v) is 9.15. The average Bonchev–Trinajstić information content (AvgIpc) is 3.09. The van der Waals surface area contributed by atoms with E-state index in [-0.39, 0.29) is 0 Å². The highest BCUT2D eigenvalue weighted by Gasteiger charge is 2.22. The van der Waals surface area contributed by atoms with E-state index in [0.717, 1.165) is 29.6 Å². The number of hydrogen-bond donors (Lipinski definition) is 1. The molecule has 0 aliphatic heterocycles. The first-order valence-electron chi connectivity index (χ1n) is 8.77. The lowest BCUT2D eigenvalue weighted by molar-refractivity contribution is 0.0726. The largest absolute Gasteiger partial charge is 0.411 e. The van der Waals surface area contributed by atoms with E-state index in [2.05, 4.69) is 14.4 Å². The number of carbonyl (C=O) groups excluding carboxylic acids is 1. The number of hydrogen-bond acceptors (Lipinski definition) is 5. The van der Waals surface area contributed by atoms with Crippen molar-refractivity contribution in [2.24, 2.45) is 0 Å². The van der Waals surface area contributed by atoms with Crippen molar-refractivity contribution in [1.82, 2.24) is 14.4 Å². The van der Waals surface area contributed by atoms with Crippen LogP contribution in [0.5, 0.6) is 0 Å². The van der Waals surface area contributed by atoms with E-state index in [9.17, 15) is 4.79 Å². The summed E-state index contributed by atoms with van der Waals surface area (Å²) in [5.41, 5.74) is 4.44. The molecule has 0 bridgehead atoms. The third-order valence-electron chi connectivity index (χ3n) is 5.16. The van der Waals surface area contributed by atoms with Crippen molar-refractivity contribution in [1.29, 1.82) is 5.41 Å². The highest BCUT2D eigenvalue weighted by Crippen LogP contribution is 2.35. The van der Waals surface area contributed by atoms with Crippen molar-refractivity contribution < 1.29 is 9.53 Å². The molecule has 3 aromatic rings. The van der Waals surface area contributed by atoms with Crippen molar-refractivity contribution in [3.8, 4) is 0 Å². The Bertz CT molecular complexity index is 1020. The molecule has 0 unspecified atom stereocenters. The Labute approximate surface area is 155 Å². The number of esters is 1. The molecule has 0 radical (unpaired) electrons. The fraction of sp³-hybridized carbons (Fsp3) is 0.368. The van der Waals surface area contributed by atoms with Crippen LogP contribution in [-0.4, -0.2) is 26.7 Å². The Hall–Kier alpha value is -2.47. The number of nitrogens with zero attached hydrogens (tertiary/aromatic N) is 3. The van der Waals surface area contributed by atoms with Crippen LogP contribution in [0.25, 0.3) is 16.7 Å². The van der Waals surface area contributed by atoms with Gasteiger partial charge in [0, 0.05) is 17.8 Å². The van der Waals surface area contributed by atoms with E-state index in [1.54, 1.807) is 6.07 Å². The minimum Gasteiger partial charge on any atom is -0.411 e. The van der Waals surface area contributed by atoms with Crippen LogP contribution in [0, 0.1) is 12.3 Å². The van der Waals surface area contributed by atoms with Gasteiger partial charge in [0.2, 0.25) is 0 Å². The predicted octanol–water partition coefficient (Wildman–Crippen LogP) is 4.66. The Morgan fingerprint density at radius 1 is 1.35 bits per heavy atom. The van der Waals surface area contributed by atoms with Crippen LogP contribution in [0.4, 0.5) is 0 Å². The van der Waals surface area contributed by atoms with Gasteiger partial charge in [-0.3, -0.25) is 9.81 Å². The Kier molecular flexibility index (Phi) is 4.36. The molecule has 2 heterocycles. The van der Waals surface area contributed by atoms with Crippen LogP contribution in [-0.2, 0) is 4.74 Å². The third kappa shape index (κ3) is 2.74. The molecule has 1 N–H and O–H groups in total. The van der Waals surface area contributed by atoms with Crippen LogP contribution in [0.2, 0.25) is 5.15 Å². The number of imidazole rings is 1. The lowest BCUT2D eigenvalue weighted by Crippen LogP contribution is -2.09. The van der Waals surface area contributed by atoms with Gasteiger partial charge >= 0.3 is 5.97 Å². The number of carbonyl (C=O) groups is 1. The molecule has 1 fully saturated rings. The molecule has 0 atom stereocenters. The quantitative estimate of drug-likeness (QED) is 0.413. The van der Waals surface area contributed by atoms with E-state index < -0.39 is 5.97 Å². The molecule has 6 nitrogen and oxygen atoms in total. The van der Waals surface area contributed by atoms with Crippen molar-refractivity contribution in [2.75, 3.05) is 0 Å². The van der Waals surface area contributed by atoms with E-state index in [1.807, 2.05) is 19.2 Å². The zero-order valence-electron chi connectivity index (χ0n) is 14.5. The fourth-order valence-electron chi connectivity index (χ4n) is 3.89. The highest BCUT2D eigenvalue weighted by atomic mass is 35.5. The molecule has 0 saturated heterocycles. The normalized spacial score (nSPS) is 15.5. The SMILES string of the molecule is Cc1cc2c(cc1C(=O)OC=N)nc(Cl)c1ncc(C3CCCCC3)n12. The number of halogens is 1. The summed E-state index contributed by atoms with van der Waals surface area (Å²) in [6.07, 6.45) is 8.59. The number of aryl methyl sites for hydroxylation is 1. The van der Waals surface area contributed by atoms with Crippen molar-refractivity contribution in [2.45, 2.75) is 44.9 Å². The number of nitrogens with one attached hydrogen (secondary N) is 1. The molecule has 1 aromatic carbocycles. The molecule has 4 rings (SSSR count). The molecular formula is C19H19ClN4O2. The fourth-order valence-corrected chi connectivity index (χ4v) is 4.12. The van der Waals surface area contributed by atoms with Gasteiger partial charge in [-0.15, -0.1) is 0 Å². The first-order chi connectivity index (χ1) is 12.6. The maximum atomic E-state index is 12.1. The Balaban J connectivity index is 1.95. The number of aromatic nitrogens is 3. The van der Waals surface area contributed by atoms with E-state index in [1.165, 1.54) is 19.3 Å². The molecule has 7 heteroatoms. The molecule has 1 saturated carbocycles. The zero-order chi connectivity index (χ0) is 18.3. The van der Waals surface area contributed by atoms with Gasteiger partial charge in [0.1, 0.15) is 0 Å². The summed E-state index contributed by atoms with van der Waals surface area (Å²) in [7, 11) is 0. The maximum absolute atomic E-state index is 12.1. The van der Waals surface area contributed by atoms with Gasteiger partial charge in [0.05, 0.1) is 16.6 Å². The van der Waals surface area contributed by atoms with Gasteiger partial charge in [0.15, 0.2) is 17.2 Å². The van der Waals surface area contributed by atoms with E-state index in [0.29, 0.717) is 34.2 Å². The first kappa shape index (κ1) is 17.0. The second-order valence-electron chi connectivity index (χ2n) is 6.76. The molecule has 2 aromatic heterocycles. The summed E-state index contributed by atoms with van der Waals surface area (Å²) in [5, 5.41) is 7.28. The lowest BCUT2D eigenvalue weighted by atomic mass is 9.87. The van der Waals surface area contributed by atoms with Crippen LogP contribution in [0.15, 0.2) is 18.3 Å². The van der Waals surface area contributed by atoms with E-state index >= 15 is 0 Å². The Morgan fingerprint density at radius 2 is 2.12 bits per heavy atom. The van der Waals surface area contributed by atoms with Gasteiger partial charge in [-0.25, -0.2) is 14.8 Å². The molecular weight excluding hydrogens is 352 g/mol. The van der Waals surface area contributed by atoms with E-state index in [4.69, 9.17) is 21.7 Å². The molecule has 26 heavy (non-hydrogen) atoms. The summed E-state index contributed by atoms with van der Waals surface area (Å²) in [5.74, 6) is -0.112. The van der Waals surface area contributed by atoms with Crippen LogP contribution >= 0.6 is 11.6 Å². The molecule has 1 aliphatic carbocycles. The van der Waals surface area contributed by atoms with Gasteiger partial charge < -0.3 is 4.74 Å². The topological polar surface area (TPSA) is 80.3 Å². The van der Waals surface area contributed by atoms with Gasteiger partial charge in [-0.1, -0.05) is 30.9 Å². The third-order valence-corrected chi connectivity index (χ3v) is 5.42. The Morgan fingerprint density at radius 3 is 2.85 bits per heavy atom. The standard InChI is InChI=1S/C19H19ClN4O2/c1-11-7-15-14(8-13(11)19(25)26-10-21)23-17(20)18-22-9-16(24(15)18)12-5-3-2-4-6-12/h7-10,12,21H,2-6H2,1H3. The lowest BCUT2D eigenvalue weighted by Gasteiger charge is -2.22.